The van der Waals surface area contributed by atoms with Gasteiger partial charge in [-0.05, 0) is 29.7 Å². The summed E-state index contributed by atoms with van der Waals surface area (Å²) in [6.45, 7) is 2.71. The van der Waals surface area contributed by atoms with Crippen molar-refractivity contribution in [1.29, 1.82) is 0 Å². The van der Waals surface area contributed by atoms with E-state index in [-0.39, 0.29) is 12.1 Å². The lowest BCUT2D eigenvalue weighted by Gasteiger charge is -2.16. The van der Waals surface area contributed by atoms with Crippen LogP contribution >= 0.6 is 0 Å². The van der Waals surface area contributed by atoms with Crippen LogP contribution in [0.5, 0.6) is 0 Å². The van der Waals surface area contributed by atoms with Gasteiger partial charge in [-0.3, -0.25) is 0 Å². The molecule has 0 bridgehead atoms. The van der Waals surface area contributed by atoms with Crippen molar-refractivity contribution in [3.63, 3.8) is 0 Å². The van der Waals surface area contributed by atoms with Crippen molar-refractivity contribution >= 4 is 23.4 Å². The fraction of sp³-hybridized carbons (Fsp3) is 0.130. The maximum absolute atomic E-state index is 12.3. The Bertz CT molecular complexity index is 959. The molecule has 0 aliphatic rings. The van der Waals surface area contributed by atoms with Crippen LogP contribution in [0.25, 0.3) is 0 Å². The highest BCUT2D eigenvalue weighted by Crippen LogP contribution is 2.25. The summed E-state index contributed by atoms with van der Waals surface area (Å²) in [4.78, 5) is 24.6. The highest BCUT2D eigenvalue weighted by atomic mass is 16.2. The number of anilines is 2. The topological polar surface area (TPSA) is 82.3 Å². The molecule has 0 saturated carbocycles. The lowest BCUT2D eigenvalue weighted by atomic mass is 10.1. The molecule has 0 aliphatic carbocycles. The lowest BCUT2D eigenvalue weighted by molar-refractivity contribution is 0.250. The summed E-state index contributed by atoms with van der Waals surface area (Å²) < 4.78 is 0. The molecule has 0 radical (unpaired) electrons. The number of carbonyl (C=O) groups is 2. The van der Waals surface area contributed by atoms with Gasteiger partial charge in [-0.25, -0.2) is 9.59 Å². The van der Waals surface area contributed by atoms with Crippen molar-refractivity contribution in [2.75, 3.05) is 10.6 Å². The van der Waals surface area contributed by atoms with Crippen LogP contribution in [0.15, 0.2) is 78.9 Å². The van der Waals surface area contributed by atoms with Gasteiger partial charge in [0.2, 0.25) is 0 Å². The Balaban J connectivity index is 1.59. The molecule has 0 spiro atoms. The summed E-state index contributed by atoms with van der Waals surface area (Å²) in [7, 11) is 0. The van der Waals surface area contributed by atoms with Gasteiger partial charge in [0.1, 0.15) is 0 Å². The molecule has 148 valence electrons. The van der Waals surface area contributed by atoms with E-state index in [0.717, 1.165) is 16.7 Å². The third-order valence-corrected chi connectivity index (χ3v) is 4.35. The van der Waals surface area contributed by atoms with Crippen molar-refractivity contribution < 1.29 is 9.59 Å². The maximum atomic E-state index is 12.3. The second kappa shape index (κ2) is 9.94. The van der Waals surface area contributed by atoms with E-state index in [4.69, 9.17) is 0 Å². The van der Waals surface area contributed by atoms with Crippen LogP contribution in [0, 0.1) is 6.92 Å². The molecule has 4 amide bonds. The molecule has 3 aromatic rings. The Labute approximate surface area is 170 Å². The molecule has 6 nitrogen and oxygen atoms in total. The van der Waals surface area contributed by atoms with E-state index in [2.05, 4.69) is 21.3 Å². The van der Waals surface area contributed by atoms with E-state index in [1.807, 2.05) is 79.7 Å². The molecular formula is C23H24N4O2. The number of rotatable bonds is 6. The highest BCUT2D eigenvalue weighted by Gasteiger charge is 2.12. The van der Waals surface area contributed by atoms with E-state index < -0.39 is 0 Å². The van der Waals surface area contributed by atoms with Crippen LogP contribution in [0.1, 0.15) is 16.7 Å². The number of amides is 4. The quantitative estimate of drug-likeness (QED) is 0.496. The Hall–Kier alpha value is -3.80. The standard InChI is InChI=1S/C23H24N4O2/c1-17-9-8-14-20(26-22(28)24-15-18-10-4-2-5-11-18)21(17)27-23(29)25-16-19-12-6-3-7-13-19/h2-14H,15-16H2,1H3,(H2,24,26,28)(H2,25,27,29). The van der Waals surface area contributed by atoms with Crippen molar-refractivity contribution in [3.05, 3.63) is 95.6 Å². The minimum atomic E-state index is -0.341. The van der Waals surface area contributed by atoms with Crippen LogP contribution < -0.4 is 21.3 Å². The summed E-state index contributed by atoms with van der Waals surface area (Å²) in [5.74, 6) is 0. The number of hydrogen-bond donors (Lipinski definition) is 4. The van der Waals surface area contributed by atoms with Gasteiger partial charge in [0.15, 0.2) is 0 Å². The number of benzene rings is 3. The van der Waals surface area contributed by atoms with Gasteiger partial charge in [-0.15, -0.1) is 0 Å². The number of nitrogens with one attached hydrogen (secondary N) is 4. The Morgan fingerprint density at radius 1 is 0.655 bits per heavy atom. The lowest BCUT2D eigenvalue weighted by Crippen LogP contribution is -2.31. The van der Waals surface area contributed by atoms with Gasteiger partial charge in [-0.1, -0.05) is 72.8 Å². The highest BCUT2D eigenvalue weighted by molar-refractivity contribution is 5.99. The molecule has 0 aromatic heterocycles. The summed E-state index contributed by atoms with van der Waals surface area (Å²) in [6, 6.07) is 24.1. The smallest absolute Gasteiger partial charge is 0.319 e. The third-order valence-electron chi connectivity index (χ3n) is 4.35. The minimum absolute atomic E-state index is 0.337. The SMILES string of the molecule is Cc1cccc(NC(=O)NCc2ccccc2)c1NC(=O)NCc1ccccc1. The van der Waals surface area contributed by atoms with Gasteiger partial charge in [0.05, 0.1) is 11.4 Å². The van der Waals surface area contributed by atoms with Crippen LogP contribution in [-0.4, -0.2) is 12.1 Å². The normalized spacial score (nSPS) is 10.1. The summed E-state index contributed by atoms with van der Waals surface area (Å²) >= 11 is 0. The molecule has 0 unspecified atom stereocenters. The average Bonchev–Trinajstić information content (AvgIpc) is 2.75. The minimum Gasteiger partial charge on any atom is -0.334 e. The molecule has 0 heterocycles. The third kappa shape index (κ3) is 6.10. The first-order valence-corrected chi connectivity index (χ1v) is 9.39. The predicted octanol–water partition coefficient (Wildman–Crippen LogP) is 4.64. The van der Waals surface area contributed by atoms with E-state index >= 15 is 0 Å². The molecular weight excluding hydrogens is 364 g/mol. The zero-order chi connectivity index (χ0) is 20.5. The molecule has 0 fully saturated rings. The van der Waals surface area contributed by atoms with E-state index in [0.29, 0.717) is 24.5 Å². The first kappa shape index (κ1) is 19.9. The molecule has 4 N–H and O–H groups in total. The zero-order valence-electron chi connectivity index (χ0n) is 16.2. The predicted molar refractivity (Wildman–Crippen MR) is 116 cm³/mol. The summed E-state index contributed by atoms with van der Waals surface area (Å²) in [6.07, 6.45) is 0. The Kier molecular flexibility index (Phi) is 6.84. The fourth-order valence-corrected chi connectivity index (χ4v) is 2.82. The van der Waals surface area contributed by atoms with Crippen molar-refractivity contribution in [2.24, 2.45) is 0 Å². The average molecular weight is 388 g/mol. The van der Waals surface area contributed by atoms with Crippen molar-refractivity contribution in [1.82, 2.24) is 10.6 Å². The number of aryl methyl sites for hydroxylation is 1. The molecule has 6 heteroatoms. The van der Waals surface area contributed by atoms with E-state index in [9.17, 15) is 9.59 Å². The number of para-hydroxylation sites is 1. The molecule has 0 saturated heterocycles. The van der Waals surface area contributed by atoms with E-state index in [1.165, 1.54) is 0 Å². The monoisotopic (exact) mass is 388 g/mol. The van der Waals surface area contributed by atoms with Crippen LogP contribution in [0.4, 0.5) is 21.0 Å². The van der Waals surface area contributed by atoms with E-state index in [1.54, 1.807) is 6.07 Å². The fourth-order valence-electron chi connectivity index (χ4n) is 2.82. The zero-order valence-corrected chi connectivity index (χ0v) is 16.2. The van der Waals surface area contributed by atoms with Crippen molar-refractivity contribution in [2.45, 2.75) is 20.0 Å². The first-order chi connectivity index (χ1) is 14.1. The number of hydrogen-bond acceptors (Lipinski definition) is 2. The van der Waals surface area contributed by atoms with Gasteiger partial charge >= 0.3 is 12.1 Å². The van der Waals surface area contributed by atoms with Gasteiger partial charge < -0.3 is 21.3 Å². The van der Waals surface area contributed by atoms with Crippen LogP contribution in [0.3, 0.4) is 0 Å². The largest absolute Gasteiger partial charge is 0.334 e. The Morgan fingerprint density at radius 2 is 1.17 bits per heavy atom. The second-order valence-corrected chi connectivity index (χ2v) is 6.58. The molecule has 3 aromatic carbocycles. The first-order valence-electron chi connectivity index (χ1n) is 9.39. The second-order valence-electron chi connectivity index (χ2n) is 6.58. The molecule has 29 heavy (non-hydrogen) atoms. The van der Waals surface area contributed by atoms with Gasteiger partial charge in [0.25, 0.3) is 0 Å². The van der Waals surface area contributed by atoms with Gasteiger partial charge in [0, 0.05) is 13.1 Å². The van der Waals surface area contributed by atoms with Crippen LogP contribution in [-0.2, 0) is 13.1 Å². The number of urea groups is 2. The molecule has 0 aliphatic heterocycles. The van der Waals surface area contributed by atoms with Crippen molar-refractivity contribution in [3.8, 4) is 0 Å². The molecule has 3 rings (SSSR count). The van der Waals surface area contributed by atoms with Crippen LogP contribution in [0.2, 0.25) is 0 Å². The maximum Gasteiger partial charge on any atom is 0.319 e. The Morgan fingerprint density at radius 3 is 1.72 bits per heavy atom. The van der Waals surface area contributed by atoms with Gasteiger partial charge in [-0.2, -0.15) is 0 Å². The summed E-state index contributed by atoms with van der Waals surface area (Å²) in [5, 5.41) is 11.3. The number of carbonyl (C=O) groups excluding carboxylic acids is 2. The summed E-state index contributed by atoms with van der Waals surface area (Å²) in [5.41, 5.74) is 3.95. The molecule has 0 atom stereocenters.